The van der Waals surface area contributed by atoms with E-state index in [9.17, 15) is 9.59 Å². The zero-order chi connectivity index (χ0) is 19.1. The van der Waals surface area contributed by atoms with Crippen LogP contribution in [-0.4, -0.2) is 42.5 Å². The largest absolute Gasteiger partial charge is 0.493 e. The second-order valence-electron chi connectivity index (χ2n) is 6.53. The summed E-state index contributed by atoms with van der Waals surface area (Å²) < 4.78 is 5.55. The van der Waals surface area contributed by atoms with Gasteiger partial charge in [0.15, 0.2) is 0 Å². The highest BCUT2D eigenvalue weighted by Gasteiger charge is 2.25. The van der Waals surface area contributed by atoms with Crippen LogP contribution in [0, 0.1) is 0 Å². The van der Waals surface area contributed by atoms with Crippen LogP contribution in [0.15, 0.2) is 54.6 Å². The molecule has 1 aliphatic rings. The summed E-state index contributed by atoms with van der Waals surface area (Å²) in [7, 11) is 0. The number of hydrogen-bond donors (Lipinski definition) is 1. The van der Waals surface area contributed by atoms with E-state index in [-0.39, 0.29) is 17.9 Å². The lowest BCUT2D eigenvalue weighted by atomic mass is 10.0. The van der Waals surface area contributed by atoms with Gasteiger partial charge in [0.25, 0.3) is 5.91 Å². The smallest absolute Gasteiger partial charge is 0.255 e. The van der Waals surface area contributed by atoms with Crippen LogP contribution in [0.1, 0.15) is 29.6 Å². The quantitative estimate of drug-likeness (QED) is 0.826. The second kappa shape index (κ2) is 9.42. The van der Waals surface area contributed by atoms with E-state index in [1.165, 1.54) is 0 Å². The molecule has 2 aromatic rings. The predicted octanol–water partition coefficient (Wildman–Crippen LogP) is 3.53. The summed E-state index contributed by atoms with van der Waals surface area (Å²) in [5.74, 6) is 0.681. The Morgan fingerprint density at radius 3 is 2.41 bits per heavy atom. The number of carbonyl (C=O) groups is 2. The van der Waals surface area contributed by atoms with Crippen molar-refractivity contribution in [3.05, 3.63) is 65.2 Å². The van der Waals surface area contributed by atoms with E-state index in [2.05, 4.69) is 5.32 Å². The summed E-state index contributed by atoms with van der Waals surface area (Å²) in [6.45, 7) is 1.56. The van der Waals surface area contributed by atoms with E-state index < -0.39 is 0 Å². The molecular weight excluding hydrogens is 364 g/mol. The molecule has 0 bridgehead atoms. The maximum absolute atomic E-state index is 12.6. The van der Waals surface area contributed by atoms with Crippen molar-refractivity contribution < 1.29 is 14.3 Å². The molecule has 0 saturated carbocycles. The van der Waals surface area contributed by atoms with Crippen molar-refractivity contribution in [2.75, 3.05) is 19.7 Å². The molecule has 0 aromatic heterocycles. The van der Waals surface area contributed by atoms with E-state index in [4.69, 9.17) is 16.3 Å². The van der Waals surface area contributed by atoms with E-state index in [0.29, 0.717) is 36.7 Å². The lowest BCUT2D eigenvalue weighted by Gasteiger charge is -2.32. The molecule has 6 heteroatoms. The molecule has 0 unspecified atom stereocenters. The molecular formula is C21H23ClN2O3. The molecule has 0 spiro atoms. The first-order valence-electron chi connectivity index (χ1n) is 9.14. The monoisotopic (exact) mass is 386 g/mol. The van der Waals surface area contributed by atoms with E-state index in [1.807, 2.05) is 42.5 Å². The molecule has 2 amide bonds. The molecule has 142 valence electrons. The molecule has 1 heterocycles. The Bertz CT molecular complexity index is 774. The van der Waals surface area contributed by atoms with Crippen molar-refractivity contribution in [3.8, 4) is 5.75 Å². The first-order valence-corrected chi connectivity index (χ1v) is 9.52. The van der Waals surface area contributed by atoms with E-state index >= 15 is 0 Å². The highest BCUT2D eigenvalue weighted by atomic mass is 35.5. The average molecular weight is 387 g/mol. The number of nitrogens with one attached hydrogen (secondary N) is 1. The zero-order valence-corrected chi connectivity index (χ0v) is 15.8. The Balaban J connectivity index is 1.39. The minimum Gasteiger partial charge on any atom is -0.493 e. The first kappa shape index (κ1) is 19.2. The minimum atomic E-state index is -0.0540. The Morgan fingerprint density at radius 1 is 1.04 bits per heavy atom. The van der Waals surface area contributed by atoms with Gasteiger partial charge in [0, 0.05) is 19.1 Å². The molecule has 1 saturated heterocycles. The zero-order valence-electron chi connectivity index (χ0n) is 15.1. The Kier molecular flexibility index (Phi) is 6.71. The second-order valence-corrected chi connectivity index (χ2v) is 6.93. The number of para-hydroxylation sites is 1. The van der Waals surface area contributed by atoms with Crippen molar-refractivity contribution in [1.82, 2.24) is 10.2 Å². The average Bonchev–Trinajstić information content (AvgIpc) is 2.69. The first-order chi connectivity index (χ1) is 13.1. The van der Waals surface area contributed by atoms with Crippen LogP contribution in [0.3, 0.4) is 0 Å². The Morgan fingerprint density at radius 2 is 1.70 bits per heavy atom. The van der Waals surface area contributed by atoms with Gasteiger partial charge in [-0.2, -0.15) is 0 Å². The number of ether oxygens (including phenoxy) is 1. The minimum absolute atomic E-state index is 0.0261. The van der Waals surface area contributed by atoms with Gasteiger partial charge in [-0.1, -0.05) is 41.9 Å². The van der Waals surface area contributed by atoms with Crippen LogP contribution in [0.2, 0.25) is 5.02 Å². The molecule has 1 aliphatic heterocycles. The van der Waals surface area contributed by atoms with Gasteiger partial charge in [-0.15, -0.1) is 0 Å². The van der Waals surface area contributed by atoms with Gasteiger partial charge in [0.05, 0.1) is 23.6 Å². The molecule has 1 fully saturated rings. The van der Waals surface area contributed by atoms with Crippen LogP contribution < -0.4 is 10.1 Å². The highest BCUT2D eigenvalue weighted by molar-refractivity contribution is 6.33. The highest BCUT2D eigenvalue weighted by Crippen LogP contribution is 2.20. The molecule has 1 N–H and O–H groups in total. The van der Waals surface area contributed by atoms with E-state index in [1.54, 1.807) is 17.0 Å². The van der Waals surface area contributed by atoms with Gasteiger partial charge in [-0.05, 0) is 37.1 Å². The number of rotatable bonds is 6. The SMILES string of the molecule is O=C(CCOc1ccccc1)NC1CCN(C(=O)c2ccccc2Cl)CC1. The summed E-state index contributed by atoms with van der Waals surface area (Å²) in [6, 6.07) is 16.6. The molecule has 2 aromatic carbocycles. The summed E-state index contributed by atoms with van der Waals surface area (Å²) in [5, 5.41) is 3.50. The van der Waals surface area contributed by atoms with Crippen molar-refractivity contribution in [2.24, 2.45) is 0 Å². The van der Waals surface area contributed by atoms with Gasteiger partial charge in [-0.3, -0.25) is 9.59 Å². The van der Waals surface area contributed by atoms with Gasteiger partial charge in [0.2, 0.25) is 5.91 Å². The van der Waals surface area contributed by atoms with Gasteiger partial charge < -0.3 is 15.0 Å². The number of hydrogen-bond acceptors (Lipinski definition) is 3. The fourth-order valence-corrected chi connectivity index (χ4v) is 3.33. The molecule has 3 rings (SSSR count). The lowest BCUT2D eigenvalue weighted by Crippen LogP contribution is -2.46. The maximum Gasteiger partial charge on any atom is 0.255 e. The summed E-state index contributed by atoms with van der Waals surface area (Å²) in [4.78, 5) is 26.5. The van der Waals surface area contributed by atoms with Gasteiger partial charge in [-0.25, -0.2) is 0 Å². The summed E-state index contributed by atoms with van der Waals surface area (Å²) >= 11 is 6.11. The van der Waals surface area contributed by atoms with Crippen LogP contribution in [0.4, 0.5) is 0 Å². The fourth-order valence-electron chi connectivity index (χ4n) is 3.11. The molecule has 0 aliphatic carbocycles. The molecule has 27 heavy (non-hydrogen) atoms. The van der Waals surface area contributed by atoms with Crippen molar-refractivity contribution >= 4 is 23.4 Å². The van der Waals surface area contributed by atoms with Gasteiger partial charge in [0.1, 0.15) is 5.75 Å². The van der Waals surface area contributed by atoms with Crippen molar-refractivity contribution in [3.63, 3.8) is 0 Å². The third-order valence-corrected chi connectivity index (χ3v) is 4.92. The molecule has 0 atom stereocenters. The summed E-state index contributed by atoms with van der Waals surface area (Å²) in [6.07, 6.45) is 1.79. The topological polar surface area (TPSA) is 58.6 Å². The number of nitrogens with zero attached hydrogens (tertiary/aromatic N) is 1. The molecule has 5 nitrogen and oxygen atoms in total. The Hall–Kier alpha value is -2.53. The number of benzene rings is 2. The van der Waals surface area contributed by atoms with Gasteiger partial charge >= 0.3 is 0 Å². The number of halogens is 1. The third-order valence-electron chi connectivity index (χ3n) is 4.59. The van der Waals surface area contributed by atoms with Crippen molar-refractivity contribution in [2.45, 2.75) is 25.3 Å². The summed E-state index contributed by atoms with van der Waals surface area (Å²) in [5.41, 5.74) is 0.528. The van der Waals surface area contributed by atoms with Crippen LogP contribution in [0.25, 0.3) is 0 Å². The van der Waals surface area contributed by atoms with Crippen LogP contribution in [0.5, 0.6) is 5.75 Å². The number of carbonyl (C=O) groups excluding carboxylic acids is 2. The van der Waals surface area contributed by atoms with E-state index in [0.717, 1.165) is 18.6 Å². The predicted molar refractivity (Wildman–Crippen MR) is 105 cm³/mol. The number of amides is 2. The lowest BCUT2D eigenvalue weighted by molar-refractivity contribution is -0.122. The maximum atomic E-state index is 12.6. The van der Waals surface area contributed by atoms with Crippen molar-refractivity contribution in [1.29, 1.82) is 0 Å². The van der Waals surface area contributed by atoms with Crippen LogP contribution in [-0.2, 0) is 4.79 Å². The normalized spacial score (nSPS) is 14.6. The standard InChI is InChI=1S/C21H23ClN2O3/c22-19-9-5-4-8-18(19)21(26)24-13-10-16(11-14-24)23-20(25)12-15-27-17-6-2-1-3-7-17/h1-9,16H,10-15H2,(H,23,25). The Labute approximate surface area is 164 Å². The molecule has 0 radical (unpaired) electrons. The number of piperidine rings is 1. The fraction of sp³-hybridized carbons (Fsp3) is 0.333. The number of likely N-dealkylation sites (tertiary alicyclic amines) is 1. The third kappa shape index (κ3) is 5.47. The van der Waals surface area contributed by atoms with Crippen LogP contribution >= 0.6 is 11.6 Å².